The number of aromatic nitrogens is 1. The van der Waals surface area contributed by atoms with Crippen molar-refractivity contribution in [3.05, 3.63) is 16.1 Å². The molecule has 3 N–H and O–H groups in total. The second-order valence-corrected chi connectivity index (χ2v) is 5.93. The molecule has 0 radical (unpaired) electrons. The van der Waals surface area contributed by atoms with Crippen molar-refractivity contribution in [2.45, 2.75) is 38.8 Å². The maximum Gasteiger partial charge on any atom is 0.263 e. The van der Waals surface area contributed by atoms with Crippen molar-refractivity contribution in [2.24, 2.45) is 11.7 Å². The highest BCUT2D eigenvalue weighted by molar-refractivity contribution is 7.13. The van der Waals surface area contributed by atoms with Crippen molar-refractivity contribution in [3.8, 4) is 0 Å². The van der Waals surface area contributed by atoms with E-state index in [0.29, 0.717) is 23.9 Å². The lowest BCUT2D eigenvalue weighted by Crippen LogP contribution is -2.38. The predicted molar refractivity (Wildman–Crippen MR) is 89.7 cm³/mol. The zero-order valence-electron chi connectivity index (χ0n) is 12.2. The average Bonchev–Trinajstić information content (AvgIpc) is 3.13. The average molecular weight is 356 g/mol. The van der Waals surface area contributed by atoms with Crippen molar-refractivity contribution in [2.75, 3.05) is 13.2 Å². The van der Waals surface area contributed by atoms with Gasteiger partial charge in [-0.2, -0.15) is 0 Å². The van der Waals surface area contributed by atoms with Gasteiger partial charge < -0.3 is 15.8 Å². The summed E-state index contributed by atoms with van der Waals surface area (Å²) in [5.41, 5.74) is 5.95. The van der Waals surface area contributed by atoms with Crippen LogP contribution in [0, 0.1) is 5.92 Å². The third kappa shape index (κ3) is 6.08. The van der Waals surface area contributed by atoms with E-state index in [1.54, 1.807) is 6.20 Å². The Labute approximate surface area is 141 Å². The summed E-state index contributed by atoms with van der Waals surface area (Å²) in [4.78, 5) is 16.8. The lowest BCUT2D eigenvalue weighted by molar-refractivity contribution is 0.0762. The van der Waals surface area contributed by atoms with E-state index in [-0.39, 0.29) is 42.9 Å². The minimum atomic E-state index is -0.0939. The molecule has 1 aromatic rings. The lowest BCUT2D eigenvalue weighted by atomic mass is 10.2. The molecule has 1 aliphatic rings. The maximum absolute atomic E-state index is 11.9. The predicted octanol–water partition coefficient (Wildman–Crippen LogP) is 2.55. The number of nitrogens with two attached hydrogens (primary N) is 1. The zero-order valence-corrected chi connectivity index (χ0v) is 14.7. The van der Waals surface area contributed by atoms with Gasteiger partial charge in [-0.05, 0) is 32.6 Å². The van der Waals surface area contributed by atoms with Crippen LogP contribution in [0.15, 0.2) is 6.20 Å². The number of ether oxygens (including phenoxy) is 1. The Hall–Kier alpha value is -0.400. The van der Waals surface area contributed by atoms with Crippen LogP contribution in [0.5, 0.6) is 0 Å². The second kappa shape index (κ2) is 9.58. The minimum Gasteiger partial charge on any atom is -0.372 e. The number of carbonyl (C=O) groups excluding carboxylic acids is 1. The normalized spacial score (nSPS) is 16.3. The topological polar surface area (TPSA) is 77.2 Å². The summed E-state index contributed by atoms with van der Waals surface area (Å²) in [7, 11) is 0. The summed E-state index contributed by atoms with van der Waals surface area (Å²) in [6.45, 7) is 5.06. The van der Waals surface area contributed by atoms with Crippen LogP contribution in [0.4, 0.5) is 0 Å². The Morgan fingerprint density at radius 3 is 2.81 bits per heavy atom. The molecule has 0 aliphatic heterocycles. The molecule has 122 valence electrons. The van der Waals surface area contributed by atoms with E-state index in [2.05, 4.69) is 10.3 Å². The molecule has 2 atom stereocenters. The quantitative estimate of drug-likeness (QED) is 0.787. The zero-order chi connectivity index (χ0) is 13.8. The third-order valence-electron chi connectivity index (χ3n) is 3.24. The van der Waals surface area contributed by atoms with Crippen LogP contribution < -0.4 is 11.1 Å². The van der Waals surface area contributed by atoms with Crippen LogP contribution in [0.1, 0.15) is 47.5 Å². The fraction of sp³-hybridized carbons (Fsp3) is 0.692. The summed E-state index contributed by atoms with van der Waals surface area (Å²) < 4.78 is 5.46. The Kier molecular flexibility index (Phi) is 9.40. The number of halogens is 2. The van der Waals surface area contributed by atoms with Crippen molar-refractivity contribution >= 4 is 42.1 Å². The summed E-state index contributed by atoms with van der Waals surface area (Å²) in [6.07, 6.45) is 3.92. The highest BCUT2D eigenvalue weighted by atomic mass is 35.5. The highest BCUT2D eigenvalue weighted by Gasteiger charge is 2.28. The van der Waals surface area contributed by atoms with Crippen LogP contribution in [-0.4, -0.2) is 30.1 Å². The number of thiazole rings is 1. The van der Waals surface area contributed by atoms with Gasteiger partial charge in [-0.15, -0.1) is 36.2 Å². The van der Waals surface area contributed by atoms with Gasteiger partial charge in [0.1, 0.15) is 16.0 Å². The first kappa shape index (κ1) is 20.6. The molecule has 2 unspecified atom stereocenters. The van der Waals surface area contributed by atoms with E-state index in [0.717, 1.165) is 5.01 Å². The molecule has 0 spiro atoms. The first-order valence-corrected chi connectivity index (χ1v) is 7.54. The van der Waals surface area contributed by atoms with Gasteiger partial charge in [0.05, 0.1) is 6.20 Å². The van der Waals surface area contributed by atoms with Gasteiger partial charge in [0, 0.05) is 19.2 Å². The lowest BCUT2D eigenvalue weighted by Gasteiger charge is -2.10. The molecule has 1 fully saturated rings. The molecule has 1 amide bonds. The first-order chi connectivity index (χ1) is 9.11. The number of amides is 1. The summed E-state index contributed by atoms with van der Waals surface area (Å²) in [5, 5.41) is 3.70. The van der Waals surface area contributed by atoms with Gasteiger partial charge in [0.15, 0.2) is 0 Å². The molecule has 21 heavy (non-hydrogen) atoms. The van der Waals surface area contributed by atoms with Gasteiger partial charge in [-0.1, -0.05) is 0 Å². The Morgan fingerprint density at radius 1 is 1.57 bits per heavy atom. The smallest absolute Gasteiger partial charge is 0.263 e. The third-order valence-corrected chi connectivity index (χ3v) is 4.39. The number of rotatable bonds is 7. The van der Waals surface area contributed by atoms with Gasteiger partial charge in [0.25, 0.3) is 5.91 Å². The van der Waals surface area contributed by atoms with Crippen molar-refractivity contribution in [3.63, 3.8) is 0 Å². The molecule has 1 aromatic heterocycles. The van der Waals surface area contributed by atoms with Crippen LogP contribution in [0.3, 0.4) is 0 Å². The Morgan fingerprint density at radius 2 is 2.24 bits per heavy atom. The first-order valence-electron chi connectivity index (χ1n) is 6.73. The summed E-state index contributed by atoms with van der Waals surface area (Å²) in [5.74, 6) is 0.499. The molecular weight excluding hydrogens is 333 g/mol. The van der Waals surface area contributed by atoms with Crippen molar-refractivity contribution in [1.29, 1.82) is 0 Å². The second-order valence-electron chi connectivity index (χ2n) is 4.87. The van der Waals surface area contributed by atoms with E-state index in [4.69, 9.17) is 10.5 Å². The van der Waals surface area contributed by atoms with Gasteiger partial charge >= 0.3 is 0 Å². The van der Waals surface area contributed by atoms with E-state index < -0.39 is 0 Å². The van der Waals surface area contributed by atoms with Gasteiger partial charge in [0.2, 0.25) is 0 Å². The Bertz CT molecular complexity index is 441. The summed E-state index contributed by atoms with van der Waals surface area (Å²) >= 11 is 1.38. The molecule has 0 aromatic carbocycles. The van der Waals surface area contributed by atoms with E-state index >= 15 is 0 Å². The fourth-order valence-corrected chi connectivity index (χ4v) is 2.73. The van der Waals surface area contributed by atoms with Gasteiger partial charge in [-0.25, -0.2) is 4.98 Å². The molecule has 1 aliphatic carbocycles. The molecule has 8 heteroatoms. The number of carbonyl (C=O) groups is 1. The minimum absolute atomic E-state index is 0. The fourth-order valence-electron chi connectivity index (χ4n) is 1.89. The molecule has 2 rings (SSSR count). The Balaban J connectivity index is 0.00000200. The summed E-state index contributed by atoms with van der Waals surface area (Å²) in [6, 6.07) is 0.0821. The van der Waals surface area contributed by atoms with Crippen LogP contribution in [-0.2, 0) is 4.74 Å². The maximum atomic E-state index is 11.9. The SMILES string of the molecule is CCOC(C)c1ncc(C(=O)NCC(N)C2CC2)s1.Cl.Cl. The highest BCUT2D eigenvalue weighted by Crippen LogP contribution is 2.31. The van der Waals surface area contributed by atoms with Crippen molar-refractivity contribution < 1.29 is 9.53 Å². The molecular formula is C13H23Cl2N3O2S. The van der Waals surface area contributed by atoms with Gasteiger partial charge in [-0.3, -0.25) is 4.79 Å². The molecule has 0 saturated heterocycles. The number of hydrogen-bond donors (Lipinski definition) is 2. The number of nitrogens with zero attached hydrogens (tertiary/aromatic N) is 1. The molecule has 5 nitrogen and oxygen atoms in total. The van der Waals surface area contributed by atoms with E-state index in [1.165, 1.54) is 24.2 Å². The van der Waals surface area contributed by atoms with E-state index in [1.807, 2.05) is 13.8 Å². The number of hydrogen-bond acceptors (Lipinski definition) is 5. The van der Waals surface area contributed by atoms with E-state index in [9.17, 15) is 4.79 Å². The molecule has 0 bridgehead atoms. The molecule has 1 heterocycles. The number of nitrogens with one attached hydrogen (secondary N) is 1. The van der Waals surface area contributed by atoms with Crippen molar-refractivity contribution in [1.82, 2.24) is 10.3 Å². The van der Waals surface area contributed by atoms with Crippen LogP contribution in [0.25, 0.3) is 0 Å². The molecule has 1 saturated carbocycles. The van der Waals surface area contributed by atoms with Crippen LogP contribution >= 0.6 is 36.2 Å². The van der Waals surface area contributed by atoms with Crippen LogP contribution in [0.2, 0.25) is 0 Å². The largest absolute Gasteiger partial charge is 0.372 e. The monoisotopic (exact) mass is 355 g/mol. The standard InChI is InChI=1S/C13H21N3O2S.2ClH/c1-3-18-8(2)13-16-7-11(19-13)12(17)15-6-10(14)9-4-5-9;;/h7-10H,3-6,14H2,1-2H3,(H,15,17);2*1H.